The molecule has 1 aromatic rings. The van der Waals surface area contributed by atoms with Crippen molar-refractivity contribution < 1.29 is 4.79 Å². The van der Waals surface area contributed by atoms with Gasteiger partial charge in [0.2, 0.25) is 5.91 Å². The number of rotatable bonds is 4. The van der Waals surface area contributed by atoms with Gasteiger partial charge in [-0.25, -0.2) is 9.67 Å². The summed E-state index contributed by atoms with van der Waals surface area (Å²) in [6.07, 6.45) is 5.37. The van der Waals surface area contributed by atoms with Crippen molar-refractivity contribution in [3.05, 3.63) is 12.2 Å². The maximum atomic E-state index is 12.3. The molecule has 6 heteroatoms. The second kappa shape index (κ2) is 5.91. The van der Waals surface area contributed by atoms with Crippen molar-refractivity contribution in [2.45, 2.75) is 51.7 Å². The number of fused-ring (bicyclic) bond motifs is 1. The summed E-state index contributed by atoms with van der Waals surface area (Å²) in [5.41, 5.74) is 0. The standard InChI is InChI=1S/C14H23N5O/c1-2-7-19-13(16-10-17-19)9-18-12-5-6-15-8-11(12)3-4-14(18)20/h10-12,15H,2-9H2,1H3. The minimum absolute atomic E-state index is 0.277. The van der Waals surface area contributed by atoms with Gasteiger partial charge in [0.1, 0.15) is 12.2 Å². The van der Waals surface area contributed by atoms with E-state index in [0.717, 1.165) is 44.7 Å². The number of nitrogens with zero attached hydrogens (tertiary/aromatic N) is 4. The second-order valence-corrected chi connectivity index (χ2v) is 5.78. The summed E-state index contributed by atoms with van der Waals surface area (Å²) in [4.78, 5) is 18.7. The SMILES string of the molecule is CCCn1ncnc1CN1C(=O)CCC2CNCCC21. The van der Waals surface area contributed by atoms with E-state index in [1.54, 1.807) is 6.33 Å². The first-order valence-electron chi connectivity index (χ1n) is 7.66. The van der Waals surface area contributed by atoms with E-state index in [1.807, 2.05) is 9.58 Å². The van der Waals surface area contributed by atoms with Gasteiger partial charge in [-0.2, -0.15) is 5.10 Å². The first-order valence-corrected chi connectivity index (χ1v) is 7.66. The van der Waals surface area contributed by atoms with Crippen LogP contribution in [0.2, 0.25) is 0 Å². The Kier molecular flexibility index (Phi) is 4.00. The molecule has 1 amide bonds. The quantitative estimate of drug-likeness (QED) is 0.884. The molecule has 0 aromatic carbocycles. The number of amides is 1. The number of aromatic nitrogens is 3. The zero-order chi connectivity index (χ0) is 13.9. The summed E-state index contributed by atoms with van der Waals surface area (Å²) < 4.78 is 1.93. The predicted molar refractivity (Wildman–Crippen MR) is 74.9 cm³/mol. The van der Waals surface area contributed by atoms with E-state index in [1.165, 1.54) is 0 Å². The molecule has 0 aliphatic carbocycles. The third-order valence-electron chi connectivity index (χ3n) is 4.46. The first kappa shape index (κ1) is 13.5. The Bertz CT molecular complexity index is 472. The number of aryl methyl sites for hydroxylation is 1. The number of carbonyl (C=O) groups is 1. The molecule has 2 aliphatic heterocycles. The third-order valence-corrected chi connectivity index (χ3v) is 4.46. The lowest BCUT2D eigenvalue weighted by Crippen LogP contribution is -2.54. The van der Waals surface area contributed by atoms with Gasteiger partial charge in [-0.05, 0) is 38.3 Å². The highest BCUT2D eigenvalue weighted by atomic mass is 16.2. The average molecular weight is 277 g/mol. The van der Waals surface area contributed by atoms with Crippen LogP contribution < -0.4 is 5.32 Å². The van der Waals surface area contributed by atoms with Gasteiger partial charge in [0.25, 0.3) is 0 Å². The van der Waals surface area contributed by atoms with Crippen LogP contribution in [0, 0.1) is 5.92 Å². The van der Waals surface area contributed by atoms with Crippen LogP contribution in [0.25, 0.3) is 0 Å². The van der Waals surface area contributed by atoms with E-state index in [4.69, 9.17) is 0 Å². The van der Waals surface area contributed by atoms with Crippen molar-refractivity contribution in [1.82, 2.24) is 25.0 Å². The van der Waals surface area contributed by atoms with E-state index in [-0.39, 0.29) is 5.91 Å². The summed E-state index contributed by atoms with van der Waals surface area (Å²) in [5.74, 6) is 1.79. The lowest BCUT2D eigenvalue weighted by Gasteiger charge is -2.43. The van der Waals surface area contributed by atoms with Crippen LogP contribution in [0.5, 0.6) is 0 Å². The largest absolute Gasteiger partial charge is 0.332 e. The van der Waals surface area contributed by atoms with Crippen molar-refractivity contribution >= 4 is 5.91 Å². The number of likely N-dealkylation sites (tertiary alicyclic amines) is 1. The molecule has 20 heavy (non-hydrogen) atoms. The van der Waals surface area contributed by atoms with Gasteiger partial charge in [0.05, 0.1) is 6.54 Å². The highest BCUT2D eigenvalue weighted by Gasteiger charge is 2.37. The number of hydrogen-bond acceptors (Lipinski definition) is 4. The Morgan fingerprint density at radius 1 is 1.45 bits per heavy atom. The molecule has 110 valence electrons. The summed E-state index contributed by atoms with van der Waals surface area (Å²) in [6, 6.07) is 0.379. The van der Waals surface area contributed by atoms with Gasteiger partial charge >= 0.3 is 0 Å². The molecule has 0 radical (unpaired) electrons. The van der Waals surface area contributed by atoms with Gasteiger partial charge in [0, 0.05) is 19.0 Å². The highest BCUT2D eigenvalue weighted by molar-refractivity contribution is 5.77. The maximum Gasteiger partial charge on any atom is 0.223 e. The minimum Gasteiger partial charge on any atom is -0.332 e. The van der Waals surface area contributed by atoms with Crippen LogP contribution in [0.3, 0.4) is 0 Å². The Labute approximate surface area is 119 Å². The molecule has 3 heterocycles. The fourth-order valence-corrected chi connectivity index (χ4v) is 3.42. The zero-order valence-electron chi connectivity index (χ0n) is 12.1. The molecule has 0 bridgehead atoms. The summed E-state index contributed by atoms with van der Waals surface area (Å²) >= 11 is 0. The molecule has 2 atom stereocenters. The van der Waals surface area contributed by atoms with Crippen molar-refractivity contribution in [3.63, 3.8) is 0 Å². The molecule has 2 unspecified atom stereocenters. The molecule has 1 aromatic heterocycles. The van der Waals surface area contributed by atoms with E-state index in [9.17, 15) is 4.79 Å². The fraction of sp³-hybridized carbons (Fsp3) is 0.786. The van der Waals surface area contributed by atoms with E-state index in [0.29, 0.717) is 24.9 Å². The van der Waals surface area contributed by atoms with Gasteiger partial charge < -0.3 is 10.2 Å². The average Bonchev–Trinajstić information content (AvgIpc) is 2.90. The molecule has 2 fully saturated rings. The summed E-state index contributed by atoms with van der Waals surface area (Å²) in [5, 5.41) is 7.69. The Balaban J connectivity index is 1.76. The van der Waals surface area contributed by atoms with Crippen molar-refractivity contribution in [1.29, 1.82) is 0 Å². The van der Waals surface area contributed by atoms with E-state index in [2.05, 4.69) is 22.3 Å². The molecular weight excluding hydrogens is 254 g/mol. The van der Waals surface area contributed by atoms with Gasteiger partial charge in [0.15, 0.2) is 0 Å². The Morgan fingerprint density at radius 3 is 3.20 bits per heavy atom. The lowest BCUT2D eigenvalue weighted by molar-refractivity contribution is -0.140. The van der Waals surface area contributed by atoms with Gasteiger partial charge in [-0.15, -0.1) is 0 Å². The lowest BCUT2D eigenvalue weighted by atomic mass is 9.84. The van der Waals surface area contributed by atoms with Crippen molar-refractivity contribution in [2.75, 3.05) is 13.1 Å². The van der Waals surface area contributed by atoms with Gasteiger partial charge in [-0.1, -0.05) is 6.92 Å². The number of nitrogens with one attached hydrogen (secondary N) is 1. The van der Waals surface area contributed by atoms with Crippen molar-refractivity contribution in [3.8, 4) is 0 Å². The predicted octanol–water partition coefficient (Wildman–Crippen LogP) is 0.789. The zero-order valence-corrected chi connectivity index (χ0v) is 12.1. The normalized spacial score (nSPS) is 26.6. The molecule has 0 spiro atoms. The third kappa shape index (κ3) is 2.57. The minimum atomic E-state index is 0.277. The number of hydrogen-bond donors (Lipinski definition) is 1. The van der Waals surface area contributed by atoms with Gasteiger partial charge in [-0.3, -0.25) is 4.79 Å². The molecule has 3 rings (SSSR count). The van der Waals surface area contributed by atoms with Crippen LogP contribution in [0.15, 0.2) is 6.33 Å². The van der Waals surface area contributed by atoms with E-state index < -0.39 is 0 Å². The molecule has 6 nitrogen and oxygen atoms in total. The molecule has 2 aliphatic rings. The first-order chi connectivity index (χ1) is 9.79. The van der Waals surface area contributed by atoms with Crippen LogP contribution in [-0.4, -0.2) is 44.7 Å². The van der Waals surface area contributed by atoms with Crippen LogP contribution in [-0.2, 0) is 17.9 Å². The van der Waals surface area contributed by atoms with Crippen LogP contribution in [0.1, 0.15) is 38.4 Å². The second-order valence-electron chi connectivity index (χ2n) is 5.78. The van der Waals surface area contributed by atoms with E-state index >= 15 is 0 Å². The monoisotopic (exact) mass is 277 g/mol. The van der Waals surface area contributed by atoms with Crippen LogP contribution in [0.4, 0.5) is 0 Å². The highest BCUT2D eigenvalue weighted by Crippen LogP contribution is 2.29. The Hall–Kier alpha value is -1.43. The topological polar surface area (TPSA) is 63.1 Å². The molecular formula is C14H23N5O. The summed E-state index contributed by atoms with van der Waals surface area (Å²) in [7, 11) is 0. The van der Waals surface area contributed by atoms with Crippen LogP contribution >= 0.6 is 0 Å². The molecule has 0 saturated carbocycles. The molecule has 2 saturated heterocycles. The number of piperidine rings is 2. The summed E-state index contributed by atoms with van der Waals surface area (Å²) in [6.45, 7) is 5.65. The Morgan fingerprint density at radius 2 is 2.35 bits per heavy atom. The molecule has 1 N–H and O–H groups in total. The smallest absolute Gasteiger partial charge is 0.223 e. The van der Waals surface area contributed by atoms with Crippen molar-refractivity contribution in [2.24, 2.45) is 5.92 Å². The fourth-order valence-electron chi connectivity index (χ4n) is 3.42. The number of carbonyl (C=O) groups excluding carboxylic acids is 1. The maximum absolute atomic E-state index is 12.3.